The number of benzene rings is 1. The maximum absolute atomic E-state index is 9.22. The zero-order valence-electron chi connectivity index (χ0n) is 7.24. The Hall–Kier alpha value is -0.770. The van der Waals surface area contributed by atoms with Crippen LogP contribution in [-0.2, 0) is 0 Å². The van der Waals surface area contributed by atoms with Gasteiger partial charge in [-0.2, -0.15) is 0 Å². The Morgan fingerprint density at radius 1 is 1.46 bits per heavy atom. The second-order valence-corrected chi connectivity index (χ2v) is 3.38. The summed E-state index contributed by atoms with van der Waals surface area (Å²) in [6.07, 6.45) is -0.695. The lowest BCUT2D eigenvalue weighted by molar-refractivity contribution is 0.164. The number of aliphatic hydroxyl groups excluding tert-OH is 1. The largest absolute Gasteiger partial charge is 0.508 e. The van der Waals surface area contributed by atoms with Crippen molar-refractivity contribution in [2.75, 3.05) is 0 Å². The molecule has 0 radical (unpaired) electrons. The summed E-state index contributed by atoms with van der Waals surface area (Å²) < 4.78 is 0. The molecule has 0 fully saturated rings. The van der Waals surface area contributed by atoms with Gasteiger partial charge in [0, 0.05) is 5.02 Å². The van der Waals surface area contributed by atoms with Crippen molar-refractivity contribution in [3.05, 3.63) is 28.8 Å². The van der Waals surface area contributed by atoms with E-state index in [0.717, 1.165) is 0 Å². The molecule has 1 unspecified atom stereocenters. The Balaban J connectivity index is 3.05. The predicted molar refractivity (Wildman–Crippen MR) is 51.7 cm³/mol. The highest BCUT2D eigenvalue weighted by Crippen LogP contribution is 2.27. The standard InChI is InChI=1S/C9H12ClNO2/c1-5(12)9(11)7-4-6(13)2-3-8(7)10/h2-5,9,12-13H,11H2,1H3/t5?,9-/m1/s1. The third kappa shape index (κ3) is 2.34. The average molecular weight is 202 g/mol. The van der Waals surface area contributed by atoms with Gasteiger partial charge in [-0.15, -0.1) is 0 Å². The van der Waals surface area contributed by atoms with Gasteiger partial charge in [0.15, 0.2) is 0 Å². The minimum atomic E-state index is -0.695. The number of phenolic OH excluding ortho intramolecular Hbond substituents is 1. The smallest absolute Gasteiger partial charge is 0.116 e. The van der Waals surface area contributed by atoms with Gasteiger partial charge in [-0.05, 0) is 30.7 Å². The number of hydrogen-bond acceptors (Lipinski definition) is 3. The summed E-state index contributed by atoms with van der Waals surface area (Å²) in [6, 6.07) is 3.91. The van der Waals surface area contributed by atoms with Crippen LogP contribution in [-0.4, -0.2) is 16.3 Å². The fourth-order valence-electron chi connectivity index (χ4n) is 1.05. The van der Waals surface area contributed by atoms with Crippen LogP contribution in [0.1, 0.15) is 18.5 Å². The first-order chi connectivity index (χ1) is 6.02. The minimum Gasteiger partial charge on any atom is -0.508 e. The SMILES string of the molecule is CC(O)[C@@H](N)c1cc(O)ccc1Cl. The van der Waals surface area contributed by atoms with Crippen LogP contribution in [0, 0.1) is 0 Å². The zero-order valence-corrected chi connectivity index (χ0v) is 7.99. The molecule has 13 heavy (non-hydrogen) atoms. The fraction of sp³-hybridized carbons (Fsp3) is 0.333. The highest BCUT2D eigenvalue weighted by Gasteiger charge is 2.15. The Kier molecular flexibility index (Phi) is 3.14. The number of hydrogen-bond donors (Lipinski definition) is 3. The van der Waals surface area contributed by atoms with Crippen molar-refractivity contribution in [3.8, 4) is 5.75 Å². The highest BCUT2D eigenvalue weighted by molar-refractivity contribution is 6.31. The summed E-state index contributed by atoms with van der Waals surface area (Å²) in [6.45, 7) is 1.57. The van der Waals surface area contributed by atoms with Crippen molar-refractivity contribution in [1.82, 2.24) is 0 Å². The van der Waals surface area contributed by atoms with Gasteiger partial charge in [-0.25, -0.2) is 0 Å². The van der Waals surface area contributed by atoms with Crippen molar-refractivity contribution in [2.45, 2.75) is 19.1 Å². The molecule has 0 aliphatic carbocycles. The second-order valence-electron chi connectivity index (χ2n) is 2.97. The number of nitrogens with two attached hydrogens (primary N) is 1. The topological polar surface area (TPSA) is 66.5 Å². The van der Waals surface area contributed by atoms with Gasteiger partial charge in [0.2, 0.25) is 0 Å². The minimum absolute atomic E-state index is 0.0931. The molecule has 2 atom stereocenters. The molecule has 3 nitrogen and oxygen atoms in total. The maximum Gasteiger partial charge on any atom is 0.116 e. The quantitative estimate of drug-likeness (QED) is 0.678. The van der Waals surface area contributed by atoms with Crippen LogP contribution in [0.3, 0.4) is 0 Å². The van der Waals surface area contributed by atoms with Gasteiger partial charge in [-0.3, -0.25) is 0 Å². The summed E-state index contributed by atoms with van der Waals surface area (Å²) in [4.78, 5) is 0. The Morgan fingerprint density at radius 3 is 2.62 bits per heavy atom. The van der Waals surface area contributed by atoms with Gasteiger partial charge in [0.25, 0.3) is 0 Å². The number of rotatable bonds is 2. The van der Waals surface area contributed by atoms with E-state index in [1.165, 1.54) is 12.1 Å². The average Bonchev–Trinajstić information content (AvgIpc) is 2.08. The molecule has 1 aromatic carbocycles. The van der Waals surface area contributed by atoms with Crippen molar-refractivity contribution >= 4 is 11.6 Å². The molecule has 0 bridgehead atoms. The Bertz CT molecular complexity index is 302. The van der Waals surface area contributed by atoms with Crippen LogP contribution >= 0.6 is 11.6 Å². The van der Waals surface area contributed by atoms with E-state index in [-0.39, 0.29) is 5.75 Å². The molecule has 0 saturated heterocycles. The van der Waals surface area contributed by atoms with Crippen LogP contribution in [0.25, 0.3) is 0 Å². The third-order valence-electron chi connectivity index (χ3n) is 1.86. The number of halogens is 1. The summed E-state index contributed by atoms with van der Waals surface area (Å²) >= 11 is 5.83. The van der Waals surface area contributed by atoms with E-state index < -0.39 is 12.1 Å². The van der Waals surface area contributed by atoms with Crippen molar-refractivity contribution in [3.63, 3.8) is 0 Å². The molecule has 0 aliphatic rings. The molecule has 0 aliphatic heterocycles. The summed E-state index contributed by atoms with van der Waals surface area (Å²) in [5.41, 5.74) is 6.21. The maximum atomic E-state index is 9.22. The van der Waals surface area contributed by atoms with Crippen molar-refractivity contribution < 1.29 is 10.2 Å². The fourth-order valence-corrected chi connectivity index (χ4v) is 1.29. The Morgan fingerprint density at radius 2 is 2.08 bits per heavy atom. The van der Waals surface area contributed by atoms with E-state index in [1.807, 2.05) is 0 Å². The monoisotopic (exact) mass is 201 g/mol. The first kappa shape index (κ1) is 10.3. The summed E-state index contributed by atoms with van der Waals surface area (Å²) in [7, 11) is 0. The molecule has 0 amide bonds. The molecule has 0 aromatic heterocycles. The first-order valence-electron chi connectivity index (χ1n) is 3.94. The molecule has 1 rings (SSSR count). The van der Waals surface area contributed by atoms with Gasteiger partial charge in [0.1, 0.15) is 5.75 Å². The van der Waals surface area contributed by atoms with Crippen LogP contribution in [0.2, 0.25) is 5.02 Å². The van der Waals surface area contributed by atoms with Crippen LogP contribution < -0.4 is 5.73 Å². The third-order valence-corrected chi connectivity index (χ3v) is 2.20. The number of aliphatic hydroxyl groups is 1. The molecular weight excluding hydrogens is 190 g/mol. The van der Waals surface area contributed by atoms with E-state index in [4.69, 9.17) is 17.3 Å². The lowest BCUT2D eigenvalue weighted by Gasteiger charge is -2.16. The van der Waals surface area contributed by atoms with Gasteiger partial charge >= 0.3 is 0 Å². The van der Waals surface area contributed by atoms with E-state index in [0.29, 0.717) is 10.6 Å². The molecule has 1 aromatic rings. The molecule has 0 saturated carbocycles. The van der Waals surface area contributed by atoms with E-state index in [9.17, 15) is 10.2 Å². The predicted octanol–water partition coefficient (Wildman–Crippen LogP) is 1.43. The van der Waals surface area contributed by atoms with E-state index in [2.05, 4.69) is 0 Å². The molecule has 0 heterocycles. The summed E-state index contributed by atoms with van der Waals surface area (Å²) in [5, 5.41) is 18.8. The number of phenols is 1. The van der Waals surface area contributed by atoms with Crippen LogP contribution in [0.5, 0.6) is 5.75 Å². The molecule has 0 spiro atoms. The summed E-state index contributed by atoms with van der Waals surface area (Å²) in [5.74, 6) is 0.0931. The van der Waals surface area contributed by atoms with E-state index >= 15 is 0 Å². The van der Waals surface area contributed by atoms with Gasteiger partial charge in [-0.1, -0.05) is 11.6 Å². The lowest BCUT2D eigenvalue weighted by Crippen LogP contribution is -2.23. The normalized spacial score (nSPS) is 15.4. The highest BCUT2D eigenvalue weighted by atomic mass is 35.5. The van der Waals surface area contributed by atoms with Crippen LogP contribution in [0.15, 0.2) is 18.2 Å². The van der Waals surface area contributed by atoms with Gasteiger partial charge < -0.3 is 15.9 Å². The Labute approximate surface area is 81.8 Å². The molecular formula is C9H12ClNO2. The zero-order chi connectivity index (χ0) is 10.0. The molecule has 4 N–H and O–H groups in total. The molecule has 4 heteroatoms. The van der Waals surface area contributed by atoms with Crippen molar-refractivity contribution in [1.29, 1.82) is 0 Å². The second kappa shape index (κ2) is 3.96. The van der Waals surface area contributed by atoms with Crippen molar-refractivity contribution in [2.24, 2.45) is 5.73 Å². The number of aromatic hydroxyl groups is 1. The van der Waals surface area contributed by atoms with Gasteiger partial charge in [0.05, 0.1) is 12.1 Å². The van der Waals surface area contributed by atoms with E-state index in [1.54, 1.807) is 13.0 Å². The molecule has 72 valence electrons. The lowest BCUT2D eigenvalue weighted by atomic mass is 10.0. The first-order valence-corrected chi connectivity index (χ1v) is 4.32. The van der Waals surface area contributed by atoms with Crippen LogP contribution in [0.4, 0.5) is 0 Å².